The highest BCUT2D eigenvalue weighted by atomic mass is 16.5. The van der Waals surface area contributed by atoms with Crippen LogP contribution in [0.1, 0.15) is 6.42 Å². The van der Waals surface area contributed by atoms with E-state index in [1.165, 1.54) is 12.0 Å². The van der Waals surface area contributed by atoms with Crippen LogP contribution in [0.15, 0.2) is 91.0 Å². The van der Waals surface area contributed by atoms with E-state index < -0.39 is 24.4 Å². The number of para-hydroxylation sites is 3. The Morgan fingerprint density at radius 3 is 2.39 bits per heavy atom. The van der Waals surface area contributed by atoms with Crippen LogP contribution in [0, 0.1) is 5.92 Å². The van der Waals surface area contributed by atoms with Gasteiger partial charge in [0, 0.05) is 24.6 Å². The summed E-state index contributed by atoms with van der Waals surface area (Å²) < 4.78 is 12.3. The van der Waals surface area contributed by atoms with Crippen LogP contribution in [0.3, 0.4) is 0 Å². The minimum atomic E-state index is -0.681. The van der Waals surface area contributed by atoms with Gasteiger partial charge >= 0.3 is 5.97 Å². The van der Waals surface area contributed by atoms with Crippen LogP contribution in [-0.4, -0.2) is 47.8 Å². The summed E-state index contributed by atoms with van der Waals surface area (Å²) in [7, 11) is 1.52. The molecule has 1 fully saturated rings. The quantitative estimate of drug-likeness (QED) is 0.359. The molecule has 1 aromatic heterocycles. The molecule has 1 aliphatic heterocycles. The Morgan fingerprint density at radius 2 is 1.66 bits per heavy atom. The van der Waals surface area contributed by atoms with Gasteiger partial charge in [0.1, 0.15) is 11.6 Å². The number of nitrogens with one attached hydrogen (secondary N) is 1. The molecule has 0 aliphatic carbocycles. The number of methoxy groups -OCH3 is 1. The van der Waals surface area contributed by atoms with Gasteiger partial charge in [0.15, 0.2) is 6.61 Å². The fourth-order valence-electron chi connectivity index (χ4n) is 4.37. The number of rotatable bonds is 8. The summed E-state index contributed by atoms with van der Waals surface area (Å²) in [6, 6.07) is 27.9. The number of anilines is 2. The van der Waals surface area contributed by atoms with Gasteiger partial charge in [-0.1, -0.05) is 60.7 Å². The monoisotopic (exact) mass is 510 g/mol. The van der Waals surface area contributed by atoms with E-state index in [4.69, 9.17) is 9.47 Å². The van der Waals surface area contributed by atoms with Crippen molar-refractivity contribution in [3.8, 4) is 22.7 Å². The van der Waals surface area contributed by atoms with Gasteiger partial charge in [0.2, 0.25) is 5.91 Å². The second-order valence-corrected chi connectivity index (χ2v) is 8.76. The molecule has 0 radical (unpaired) electrons. The summed E-state index contributed by atoms with van der Waals surface area (Å²) >= 11 is 0. The highest BCUT2D eigenvalue weighted by Crippen LogP contribution is 2.33. The number of ether oxygens (including phenoxy) is 2. The van der Waals surface area contributed by atoms with Crippen molar-refractivity contribution < 1.29 is 23.9 Å². The Labute approximate surface area is 219 Å². The first-order chi connectivity index (χ1) is 18.5. The zero-order valence-electron chi connectivity index (χ0n) is 20.7. The number of carbonyl (C=O) groups is 3. The van der Waals surface area contributed by atoms with Gasteiger partial charge in [0.25, 0.3) is 5.91 Å². The summed E-state index contributed by atoms with van der Waals surface area (Å²) in [4.78, 5) is 39.6. The van der Waals surface area contributed by atoms with Crippen LogP contribution in [0.2, 0.25) is 0 Å². The molecular weight excluding hydrogens is 484 g/mol. The van der Waals surface area contributed by atoms with E-state index in [1.54, 1.807) is 35.0 Å². The number of aromatic nitrogens is 2. The molecule has 1 saturated heterocycles. The molecule has 0 spiro atoms. The molecule has 38 heavy (non-hydrogen) atoms. The number of nitrogens with zero attached hydrogens (tertiary/aromatic N) is 3. The minimum Gasteiger partial charge on any atom is -0.495 e. The predicted octanol–water partition coefficient (Wildman–Crippen LogP) is 4.08. The van der Waals surface area contributed by atoms with Crippen LogP contribution in [0.5, 0.6) is 5.75 Å². The van der Waals surface area contributed by atoms with Gasteiger partial charge in [-0.15, -0.1) is 0 Å². The maximum absolute atomic E-state index is 12.8. The largest absolute Gasteiger partial charge is 0.495 e. The van der Waals surface area contributed by atoms with Crippen LogP contribution in [0.25, 0.3) is 16.9 Å². The summed E-state index contributed by atoms with van der Waals surface area (Å²) in [5, 5.41) is 7.46. The number of amides is 2. The molecule has 1 N–H and O–H groups in total. The molecule has 4 aromatic rings. The van der Waals surface area contributed by atoms with Crippen molar-refractivity contribution >= 4 is 29.3 Å². The first-order valence-electron chi connectivity index (χ1n) is 12.1. The van der Waals surface area contributed by atoms with Gasteiger partial charge in [-0.25, -0.2) is 4.68 Å². The van der Waals surface area contributed by atoms with E-state index in [9.17, 15) is 14.4 Å². The number of carbonyl (C=O) groups excluding carboxylic acids is 3. The van der Waals surface area contributed by atoms with Crippen molar-refractivity contribution in [2.24, 2.45) is 5.92 Å². The zero-order chi connectivity index (χ0) is 26.5. The molecular formula is C29H26N4O5. The fourth-order valence-corrected chi connectivity index (χ4v) is 4.37. The molecule has 3 aromatic carbocycles. The third-order valence-corrected chi connectivity index (χ3v) is 6.23. The van der Waals surface area contributed by atoms with Crippen molar-refractivity contribution in [3.63, 3.8) is 0 Å². The molecule has 2 amide bonds. The van der Waals surface area contributed by atoms with Crippen LogP contribution < -0.4 is 15.0 Å². The second-order valence-electron chi connectivity index (χ2n) is 8.76. The average molecular weight is 511 g/mol. The summed E-state index contributed by atoms with van der Waals surface area (Å²) in [5.74, 6) is -1.03. The maximum atomic E-state index is 12.8. The lowest BCUT2D eigenvalue weighted by Gasteiger charge is -2.19. The van der Waals surface area contributed by atoms with E-state index in [0.717, 1.165) is 11.3 Å². The van der Waals surface area contributed by atoms with E-state index in [0.29, 0.717) is 22.9 Å². The summed E-state index contributed by atoms with van der Waals surface area (Å²) in [5.41, 5.74) is 2.94. The Kier molecular flexibility index (Phi) is 7.17. The van der Waals surface area contributed by atoms with Gasteiger partial charge in [0.05, 0.1) is 30.1 Å². The van der Waals surface area contributed by atoms with E-state index >= 15 is 0 Å². The lowest BCUT2D eigenvalue weighted by molar-refractivity contribution is -0.151. The molecule has 0 unspecified atom stereocenters. The average Bonchev–Trinajstić information content (AvgIpc) is 3.56. The Bertz CT molecular complexity index is 1450. The first-order valence-corrected chi connectivity index (χ1v) is 12.1. The minimum absolute atomic E-state index is 0.000283. The number of benzene rings is 3. The highest BCUT2D eigenvalue weighted by Gasteiger charge is 2.37. The third-order valence-electron chi connectivity index (χ3n) is 6.23. The van der Waals surface area contributed by atoms with Gasteiger partial charge in [-0.2, -0.15) is 5.10 Å². The molecule has 9 nitrogen and oxygen atoms in total. The van der Waals surface area contributed by atoms with Crippen LogP contribution >= 0.6 is 0 Å². The smallest absolute Gasteiger partial charge is 0.311 e. The molecule has 0 bridgehead atoms. The normalized spacial score (nSPS) is 14.8. The molecule has 2 heterocycles. The van der Waals surface area contributed by atoms with Crippen LogP contribution in [-0.2, 0) is 19.1 Å². The Morgan fingerprint density at radius 1 is 0.974 bits per heavy atom. The number of hydrogen-bond acceptors (Lipinski definition) is 6. The third kappa shape index (κ3) is 5.27. The van der Waals surface area contributed by atoms with Crippen molar-refractivity contribution in [1.29, 1.82) is 0 Å². The SMILES string of the molecule is COc1ccccc1N1C[C@H](C(=O)OCC(=O)Nc2cc(-c3ccccc3)nn2-c2ccccc2)CC1=O. The Balaban J connectivity index is 1.25. The lowest BCUT2D eigenvalue weighted by Crippen LogP contribution is -2.28. The maximum Gasteiger partial charge on any atom is 0.311 e. The number of esters is 1. The van der Waals surface area contributed by atoms with Crippen molar-refractivity contribution in [1.82, 2.24) is 9.78 Å². The highest BCUT2D eigenvalue weighted by molar-refractivity contribution is 6.01. The van der Waals surface area contributed by atoms with E-state index in [2.05, 4.69) is 10.4 Å². The molecule has 1 aliphatic rings. The van der Waals surface area contributed by atoms with E-state index in [1.807, 2.05) is 60.7 Å². The molecule has 5 rings (SSSR count). The van der Waals surface area contributed by atoms with Crippen molar-refractivity contribution in [3.05, 3.63) is 91.0 Å². The second kappa shape index (κ2) is 11.0. The molecule has 0 saturated carbocycles. The van der Waals surface area contributed by atoms with E-state index in [-0.39, 0.29) is 18.9 Å². The molecule has 9 heteroatoms. The van der Waals surface area contributed by atoms with Gasteiger partial charge < -0.3 is 19.7 Å². The fraction of sp³-hybridized carbons (Fsp3) is 0.172. The first kappa shape index (κ1) is 24.8. The van der Waals surface area contributed by atoms with Crippen molar-refractivity contribution in [2.45, 2.75) is 6.42 Å². The van der Waals surface area contributed by atoms with Crippen molar-refractivity contribution in [2.75, 3.05) is 30.5 Å². The Hall–Kier alpha value is -4.92. The number of hydrogen-bond donors (Lipinski definition) is 1. The zero-order valence-corrected chi connectivity index (χ0v) is 20.7. The topological polar surface area (TPSA) is 103 Å². The standard InChI is InChI=1S/C29H26N4O5/c1-37-25-15-9-8-14-24(25)32-18-21(16-28(32)35)29(36)38-19-27(34)30-26-17-23(20-10-4-2-5-11-20)31-33(26)22-12-6-3-7-13-22/h2-15,17,21H,16,18-19H2,1H3,(H,30,34)/t21-/m1/s1. The summed E-state index contributed by atoms with van der Waals surface area (Å²) in [6.45, 7) is -0.334. The lowest BCUT2D eigenvalue weighted by atomic mass is 10.1. The predicted molar refractivity (Wildman–Crippen MR) is 142 cm³/mol. The van der Waals surface area contributed by atoms with Gasteiger partial charge in [-0.05, 0) is 24.3 Å². The summed E-state index contributed by atoms with van der Waals surface area (Å²) in [6.07, 6.45) is -0.000283. The van der Waals surface area contributed by atoms with Crippen LogP contribution in [0.4, 0.5) is 11.5 Å². The van der Waals surface area contributed by atoms with Gasteiger partial charge in [-0.3, -0.25) is 14.4 Å². The molecule has 192 valence electrons. The molecule has 1 atom stereocenters.